The lowest BCUT2D eigenvalue weighted by Crippen LogP contribution is -2.27. The molecule has 1 heterocycles. The molecule has 1 aliphatic heterocycles. The lowest BCUT2D eigenvalue weighted by Gasteiger charge is -2.15. The van der Waals surface area contributed by atoms with E-state index in [0.717, 1.165) is 5.56 Å². The maximum Gasteiger partial charge on any atom is 0.270 e. The van der Waals surface area contributed by atoms with E-state index in [0.29, 0.717) is 52.1 Å². The quantitative estimate of drug-likeness (QED) is 0.220. The highest BCUT2D eigenvalue weighted by atomic mass is 35.5. The van der Waals surface area contributed by atoms with Crippen LogP contribution in [0.25, 0.3) is 6.08 Å². The van der Waals surface area contributed by atoms with Crippen molar-refractivity contribution >= 4 is 92.4 Å². The molecule has 1 aliphatic rings. The van der Waals surface area contributed by atoms with Crippen LogP contribution in [0, 0.1) is 0 Å². The molecule has 174 valence electrons. The first kappa shape index (κ1) is 25.2. The summed E-state index contributed by atoms with van der Waals surface area (Å²) in [6.45, 7) is 0.182. The molecule has 0 atom stereocenters. The number of ether oxygens (including phenoxy) is 2. The van der Waals surface area contributed by atoms with Gasteiger partial charge in [-0.25, -0.2) is 0 Å². The Labute approximate surface area is 226 Å². The molecule has 3 aromatic rings. The molecule has 4 nitrogen and oxygen atoms in total. The molecule has 10 heteroatoms. The third kappa shape index (κ3) is 5.33. The molecule has 0 aliphatic carbocycles. The van der Waals surface area contributed by atoms with Crippen LogP contribution < -0.4 is 14.4 Å². The van der Waals surface area contributed by atoms with E-state index in [1.54, 1.807) is 55.7 Å². The highest BCUT2D eigenvalue weighted by molar-refractivity contribution is 8.27. The van der Waals surface area contributed by atoms with Crippen LogP contribution in [0.15, 0.2) is 59.5 Å². The standard InChI is InChI=1S/C24H15Cl4NO3S2/c1-31-20-4-2-3-13(22(20)32-12-14-5-6-15(25)10-18(14)27)9-21-23(30)29(24(33)34-21)16-7-8-17(26)19(28)11-16/h2-11H,12H2,1H3/b21-9-. The number of thiocarbonyl (C=S) groups is 1. The molecule has 0 spiro atoms. The van der Waals surface area contributed by atoms with Crippen LogP contribution in [0.2, 0.25) is 20.1 Å². The fourth-order valence-corrected chi connectivity index (χ4v) is 5.25. The highest BCUT2D eigenvalue weighted by Crippen LogP contribution is 2.40. The van der Waals surface area contributed by atoms with E-state index >= 15 is 0 Å². The van der Waals surface area contributed by atoms with E-state index < -0.39 is 0 Å². The Hall–Kier alpha value is -1.93. The van der Waals surface area contributed by atoms with Gasteiger partial charge < -0.3 is 9.47 Å². The number of carbonyl (C=O) groups is 1. The number of amides is 1. The fraction of sp³-hybridized carbons (Fsp3) is 0.0833. The maximum atomic E-state index is 13.2. The third-order valence-electron chi connectivity index (χ3n) is 4.86. The zero-order valence-corrected chi connectivity index (χ0v) is 22.1. The number of benzene rings is 3. The summed E-state index contributed by atoms with van der Waals surface area (Å²) in [5, 5.41) is 1.76. The number of halogens is 4. The van der Waals surface area contributed by atoms with Gasteiger partial charge in [0.2, 0.25) is 0 Å². The molecule has 0 saturated carbocycles. The van der Waals surface area contributed by atoms with Gasteiger partial charge in [0.05, 0.1) is 27.7 Å². The average Bonchev–Trinajstić information content (AvgIpc) is 3.08. The first-order valence-corrected chi connectivity index (χ1v) is 12.5. The molecule has 0 unspecified atom stereocenters. The number of hydrogen-bond acceptors (Lipinski definition) is 5. The summed E-state index contributed by atoms with van der Waals surface area (Å²) in [5.41, 5.74) is 1.95. The van der Waals surface area contributed by atoms with Gasteiger partial charge in [-0.1, -0.05) is 88.6 Å². The lowest BCUT2D eigenvalue weighted by molar-refractivity contribution is -0.113. The third-order valence-corrected chi connectivity index (χ3v) is 7.49. The van der Waals surface area contributed by atoms with Crippen LogP contribution in [0.4, 0.5) is 5.69 Å². The minimum absolute atomic E-state index is 0.182. The number of nitrogens with zero attached hydrogens (tertiary/aromatic N) is 1. The van der Waals surface area contributed by atoms with Crippen LogP contribution in [0.5, 0.6) is 11.5 Å². The number of para-hydroxylation sites is 1. The van der Waals surface area contributed by atoms with E-state index in [9.17, 15) is 4.79 Å². The Bertz CT molecular complexity index is 1330. The fourth-order valence-electron chi connectivity index (χ4n) is 3.21. The van der Waals surface area contributed by atoms with E-state index in [-0.39, 0.29) is 12.5 Å². The second-order valence-electron chi connectivity index (χ2n) is 7.02. The van der Waals surface area contributed by atoms with Crippen LogP contribution in [0.1, 0.15) is 11.1 Å². The lowest BCUT2D eigenvalue weighted by atomic mass is 10.1. The van der Waals surface area contributed by atoms with Gasteiger partial charge >= 0.3 is 0 Å². The summed E-state index contributed by atoms with van der Waals surface area (Å²) in [6, 6.07) is 15.5. The maximum absolute atomic E-state index is 13.2. The van der Waals surface area contributed by atoms with Crippen molar-refractivity contribution in [1.82, 2.24) is 0 Å². The van der Waals surface area contributed by atoms with Crippen molar-refractivity contribution in [2.75, 3.05) is 12.0 Å². The predicted octanol–water partition coefficient (Wildman–Crippen LogP) is 8.29. The molecule has 1 saturated heterocycles. The van der Waals surface area contributed by atoms with Gasteiger partial charge in [0.25, 0.3) is 5.91 Å². The average molecular weight is 571 g/mol. The van der Waals surface area contributed by atoms with Crippen molar-refractivity contribution in [3.8, 4) is 11.5 Å². The van der Waals surface area contributed by atoms with Crippen LogP contribution in [0.3, 0.4) is 0 Å². The van der Waals surface area contributed by atoms with Gasteiger partial charge in [-0.05, 0) is 42.5 Å². The summed E-state index contributed by atoms with van der Waals surface area (Å²) in [7, 11) is 1.55. The van der Waals surface area contributed by atoms with E-state index in [4.69, 9.17) is 68.1 Å². The SMILES string of the molecule is COc1cccc(/C=C2\SC(=S)N(c3ccc(Cl)c(Cl)c3)C2=O)c1OCc1ccc(Cl)cc1Cl. The molecular formula is C24H15Cl4NO3S2. The van der Waals surface area contributed by atoms with E-state index in [2.05, 4.69) is 0 Å². The largest absolute Gasteiger partial charge is 0.493 e. The number of carbonyl (C=O) groups excluding carboxylic acids is 1. The van der Waals surface area contributed by atoms with Gasteiger partial charge in [0.1, 0.15) is 6.61 Å². The molecule has 1 fully saturated rings. The highest BCUT2D eigenvalue weighted by Gasteiger charge is 2.34. The summed E-state index contributed by atoms with van der Waals surface area (Å²) in [6.07, 6.45) is 1.72. The van der Waals surface area contributed by atoms with Crippen molar-refractivity contribution in [1.29, 1.82) is 0 Å². The summed E-state index contributed by atoms with van der Waals surface area (Å²) < 4.78 is 12.0. The number of hydrogen-bond donors (Lipinski definition) is 0. The van der Waals surface area contributed by atoms with Gasteiger partial charge in [-0.15, -0.1) is 0 Å². The van der Waals surface area contributed by atoms with Crippen molar-refractivity contribution in [2.24, 2.45) is 0 Å². The van der Waals surface area contributed by atoms with Crippen molar-refractivity contribution in [3.05, 3.63) is 90.7 Å². The second-order valence-corrected chi connectivity index (χ2v) is 10.4. The normalized spacial score (nSPS) is 14.7. The molecule has 0 aromatic heterocycles. The first-order chi connectivity index (χ1) is 16.3. The Kier molecular flexibility index (Phi) is 7.97. The molecule has 3 aromatic carbocycles. The van der Waals surface area contributed by atoms with Crippen molar-refractivity contribution < 1.29 is 14.3 Å². The van der Waals surface area contributed by atoms with Gasteiger partial charge in [0.15, 0.2) is 15.8 Å². The Morgan fingerprint density at radius 3 is 2.50 bits per heavy atom. The predicted molar refractivity (Wildman–Crippen MR) is 146 cm³/mol. The molecular weight excluding hydrogens is 556 g/mol. The molecule has 0 N–H and O–H groups in total. The number of rotatable bonds is 6. The number of thioether (sulfide) groups is 1. The van der Waals surface area contributed by atoms with E-state index in [1.807, 2.05) is 12.1 Å². The summed E-state index contributed by atoms with van der Waals surface area (Å²) >= 11 is 31.1. The Morgan fingerprint density at radius 1 is 1.00 bits per heavy atom. The molecule has 0 radical (unpaired) electrons. The smallest absolute Gasteiger partial charge is 0.270 e. The summed E-state index contributed by atoms with van der Waals surface area (Å²) in [5.74, 6) is 0.706. The van der Waals surface area contributed by atoms with Gasteiger partial charge in [-0.3, -0.25) is 9.69 Å². The van der Waals surface area contributed by atoms with Crippen LogP contribution in [-0.4, -0.2) is 17.3 Å². The number of anilines is 1. The molecule has 0 bridgehead atoms. The summed E-state index contributed by atoms with van der Waals surface area (Å²) in [4.78, 5) is 15.1. The topological polar surface area (TPSA) is 38.8 Å². The monoisotopic (exact) mass is 569 g/mol. The van der Waals surface area contributed by atoms with Gasteiger partial charge in [-0.2, -0.15) is 0 Å². The number of methoxy groups -OCH3 is 1. The van der Waals surface area contributed by atoms with Crippen LogP contribution in [-0.2, 0) is 11.4 Å². The Morgan fingerprint density at radius 2 is 1.79 bits per heavy atom. The zero-order valence-electron chi connectivity index (χ0n) is 17.5. The van der Waals surface area contributed by atoms with Crippen molar-refractivity contribution in [2.45, 2.75) is 6.61 Å². The second kappa shape index (κ2) is 10.8. The zero-order chi connectivity index (χ0) is 24.4. The van der Waals surface area contributed by atoms with E-state index in [1.165, 1.54) is 16.7 Å². The molecule has 4 rings (SSSR count). The minimum Gasteiger partial charge on any atom is -0.493 e. The van der Waals surface area contributed by atoms with Crippen LogP contribution >= 0.6 is 70.4 Å². The van der Waals surface area contributed by atoms with Gasteiger partial charge in [0, 0.05) is 21.2 Å². The molecule has 1 amide bonds. The first-order valence-electron chi connectivity index (χ1n) is 9.75. The Balaban J connectivity index is 1.65. The minimum atomic E-state index is -0.275. The molecule has 34 heavy (non-hydrogen) atoms. The van der Waals surface area contributed by atoms with Crippen molar-refractivity contribution in [3.63, 3.8) is 0 Å².